The van der Waals surface area contributed by atoms with E-state index in [4.69, 9.17) is 0 Å². The lowest BCUT2D eigenvalue weighted by Gasteiger charge is -2.26. The van der Waals surface area contributed by atoms with Crippen LogP contribution < -0.4 is 0 Å². The Morgan fingerprint density at radius 2 is 1.96 bits per heavy atom. The number of benzene rings is 1. The number of nitrogens with one attached hydrogen (secondary N) is 1. The zero-order valence-electron chi connectivity index (χ0n) is 16.4. The van der Waals surface area contributed by atoms with Gasteiger partial charge in [-0.1, -0.05) is 45.0 Å². The molecule has 0 spiro atoms. The Bertz CT molecular complexity index is 982. The summed E-state index contributed by atoms with van der Waals surface area (Å²) in [5.41, 5.74) is 4.87. The number of carbonyl (C=O) groups excluding carboxylic acids is 1. The van der Waals surface area contributed by atoms with Crippen molar-refractivity contribution >= 4 is 16.9 Å². The van der Waals surface area contributed by atoms with Gasteiger partial charge in [0.2, 0.25) is 0 Å². The number of nitrogens with zero attached hydrogens (tertiary/aromatic N) is 3. The number of hydrogen-bond donors (Lipinski definition) is 1. The third-order valence-electron chi connectivity index (χ3n) is 5.52. The molecule has 0 bridgehead atoms. The van der Waals surface area contributed by atoms with Crippen LogP contribution in [0.2, 0.25) is 0 Å². The van der Waals surface area contributed by atoms with Gasteiger partial charge < -0.3 is 4.90 Å². The van der Waals surface area contributed by atoms with Crippen LogP contribution in [-0.4, -0.2) is 32.5 Å². The summed E-state index contributed by atoms with van der Waals surface area (Å²) in [4.78, 5) is 19.5. The molecule has 1 aliphatic heterocycles. The highest BCUT2D eigenvalue weighted by Crippen LogP contribution is 2.34. The molecule has 0 saturated carbocycles. The van der Waals surface area contributed by atoms with Crippen LogP contribution in [-0.2, 0) is 5.41 Å². The number of aryl methyl sites for hydroxylation is 1. The van der Waals surface area contributed by atoms with Crippen LogP contribution in [0.3, 0.4) is 0 Å². The van der Waals surface area contributed by atoms with Crippen LogP contribution >= 0.6 is 0 Å². The summed E-state index contributed by atoms with van der Waals surface area (Å²) in [5.74, 6) is 0.0485. The van der Waals surface area contributed by atoms with Gasteiger partial charge in [-0.15, -0.1) is 0 Å². The quantitative estimate of drug-likeness (QED) is 0.728. The minimum Gasteiger partial charge on any atom is -0.332 e. The van der Waals surface area contributed by atoms with Gasteiger partial charge in [0.15, 0.2) is 5.65 Å². The van der Waals surface area contributed by atoms with E-state index in [-0.39, 0.29) is 17.4 Å². The van der Waals surface area contributed by atoms with Crippen LogP contribution in [0.25, 0.3) is 11.0 Å². The van der Waals surface area contributed by atoms with Gasteiger partial charge in [0.1, 0.15) is 0 Å². The Morgan fingerprint density at radius 3 is 2.67 bits per heavy atom. The average molecular weight is 362 g/mol. The smallest absolute Gasteiger partial charge is 0.255 e. The maximum atomic E-state index is 13.2. The SMILES string of the molecule is Cc1[nH]nc2ncc(C(=O)N3CCC[C@H]3c3ccc(C(C)(C)C)cc3)cc12. The molecule has 1 atom stereocenters. The van der Waals surface area contributed by atoms with Crippen molar-refractivity contribution in [1.29, 1.82) is 0 Å². The molecule has 2 aromatic heterocycles. The van der Waals surface area contributed by atoms with E-state index < -0.39 is 0 Å². The number of carbonyl (C=O) groups is 1. The monoisotopic (exact) mass is 362 g/mol. The summed E-state index contributed by atoms with van der Waals surface area (Å²) in [5, 5.41) is 7.98. The first-order valence-electron chi connectivity index (χ1n) is 9.57. The van der Waals surface area contributed by atoms with Crippen molar-refractivity contribution in [3.63, 3.8) is 0 Å². The highest BCUT2D eigenvalue weighted by atomic mass is 16.2. The zero-order valence-corrected chi connectivity index (χ0v) is 16.4. The van der Waals surface area contributed by atoms with E-state index in [1.165, 1.54) is 11.1 Å². The number of hydrogen-bond acceptors (Lipinski definition) is 3. The summed E-state index contributed by atoms with van der Waals surface area (Å²) in [6, 6.07) is 10.8. The van der Waals surface area contributed by atoms with Crippen LogP contribution in [0, 0.1) is 6.92 Å². The topological polar surface area (TPSA) is 61.9 Å². The fraction of sp³-hybridized carbons (Fsp3) is 0.409. The van der Waals surface area contributed by atoms with Gasteiger partial charge in [0.25, 0.3) is 5.91 Å². The number of likely N-dealkylation sites (tertiary alicyclic amines) is 1. The highest BCUT2D eigenvalue weighted by molar-refractivity contribution is 5.97. The zero-order chi connectivity index (χ0) is 19.2. The van der Waals surface area contributed by atoms with Gasteiger partial charge in [-0.05, 0) is 42.4 Å². The Labute approximate surface area is 159 Å². The van der Waals surface area contributed by atoms with Crippen molar-refractivity contribution in [3.8, 4) is 0 Å². The molecule has 1 amide bonds. The predicted molar refractivity (Wildman–Crippen MR) is 107 cm³/mol. The molecule has 0 aliphatic carbocycles. The minimum atomic E-state index is 0.0485. The molecule has 5 heteroatoms. The second-order valence-corrected chi connectivity index (χ2v) is 8.47. The number of fused-ring (bicyclic) bond motifs is 1. The predicted octanol–water partition coefficient (Wildman–Crippen LogP) is 4.54. The first-order chi connectivity index (χ1) is 12.8. The highest BCUT2D eigenvalue weighted by Gasteiger charge is 2.31. The summed E-state index contributed by atoms with van der Waals surface area (Å²) in [6.45, 7) is 9.38. The summed E-state index contributed by atoms with van der Waals surface area (Å²) in [7, 11) is 0. The van der Waals surface area contributed by atoms with E-state index in [0.29, 0.717) is 11.2 Å². The lowest BCUT2D eigenvalue weighted by molar-refractivity contribution is 0.0735. The fourth-order valence-electron chi connectivity index (χ4n) is 3.86. The van der Waals surface area contributed by atoms with E-state index in [0.717, 1.165) is 30.5 Å². The van der Waals surface area contributed by atoms with Crippen molar-refractivity contribution < 1.29 is 4.79 Å². The van der Waals surface area contributed by atoms with E-state index >= 15 is 0 Å². The van der Waals surface area contributed by atoms with Crippen molar-refractivity contribution in [1.82, 2.24) is 20.1 Å². The van der Waals surface area contributed by atoms with Gasteiger partial charge >= 0.3 is 0 Å². The van der Waals surface area contributed by atoms with Crippen molar-refractivity contribution in [2.75, 3.05) is 6.54 Å². The molecule has 4 rings (SSSR count). The van der Waals surface area contributed by atoms with Gasteiger partial charge in [-0.2, -0.15) is 5.10 Å². The van der Waals surface area contributed by atoms with Crippen LogP contribution in [0.5, 0.6) is 0 Å². The lowest BCUT2D eigenvalue weighted by atomic mass is 9.86. The van der Waals surface area contributed by atoms with Crippen molar-refractivity contribution in [2.24, 2.45) is 0 Å². The van der Waals surface area contributed by atoms with Crippen LogP contribution in [0.4, 0.5) is 0 Å². The Morgan fingerprint density at radius 1 is 1.22 bits per heavy atom. The number of rotatable bonds is 2. The molecule has 0 radical (unpaired) electrons. The number of pyridine rings is 1. The second-order valence-electron chi connectivity index (χ2n) is 8.47. The van der Waals surface area contributed by atoms with Gasteiger partial charge in [0, 0.05) is 23.8 Å². The molecule has 140 valence electrons. The Hall–Kier alpha value is -2.69. The number of aromatic amines is 1. The first-order valence-corrected chi connectivity index (χ1v) is 9.57. The molecule has 3 heterocycles. The normalized spacial score (nSPS) is 17.6. The average Bonchev–Trinajstić information content (AvgIpc) is 3.27. The maximum absolute atomic E-state index is 13.2. The number of H-pyrrole nitrogens is 1. The molecule has 1 N–H and O–H groups in total. The fourth-order valence-corrected chi connectivity index (χ4v) is 3.86. The molecule has 1 aromatic carbocycles. The van der Waals surface area contributed by atoms with E-state index in [2.05, 4.69) is 60.2 Å². The van der Waals surface area contributed by atoms with E-state index in [1.54, 1.807) is 6.20 Å². The van der Waals surface area contributed by atoms with Gasteiger partial charge in [0.05, 0.1) is 11.6 Å². The number of amides is 1. The first kappa shape index (κ1) is 17.7. The minimum absolute atomic E-state index is 0.0485. The molecule has 0 unspecified atom stereocenters. The van der Waals surface area contributed by atoms with Crippen molar-refractivity contribution in [3.05, 3.63) is 58.9 Å². The van der Waals surface area contributed by atoms with E-state index in [1.807, 2.05) is 17.9 Å². The number of aromatic nitrogens is 3. The lowest BCUT2D eigenvalue weighted by Crippen LogP contribution is -2.30. The third-order valence-corrected chi connectivity index (χ3v) is 5.52. The van der Waals surface area contributed by atoms with Crippen LogP contribution in [0.15, 0.2) is 36.5 Å². The van der Waals surface area contributed by atoms with E-state index in [9.17, 15) is 4.79 Å². The molecule has 1 saturated heterocycles. The summed E-state index contributed by atoms with van der Waals surface area (Å²) in [6.07, 6.45) is 3.67. The van der Waals surface area contributed by atoms with Gasteiger partial charge in [-0.25, -0.2) is 4.98 Å². The molecule has 27 heavy (non-hydrogen) atoms. The summed E-state index contributed by atoms with van der Waals surface area (Å²) < 4.78 is 0. The molecule has 5 nitrogen and oxygen atoms in total. The maximum Gasteiger partial charge on any atom is 0.255 e. The van der Waals surface area contributed by atoms with Crippen molar-refractivity contribution in [2.45, 2.75) is 52.0 Å². The Kier molecular flexibility index (Phi) is 4.25. The molecular weight excluding hydrogens is 336 g/mol. The molecule has 3 aromatic rings. The molecular formula is C22H26N4O. The Balaban J connectivity index is 1.62. The third kappa shape index (κ3) is 3.22. The molecule has 1 aliphatic rings. The summed E-state index contributed by atoms with van der Waals surface area (Å²) >= 11 is 0. The second kappa shape index (κ2) is 6.48. The standard InChI is InChI=1S/C22H26N4O/c1-14-18-12-16(13-23-20(18)25-24-14)21(27)26-11-5-6-19(26)15-7-9-17(10-8-15)22(2,3)4/h7-10,12-13,19H,5-6,11H2,1-4H3,(H,23,24,25)/t19-/m0/s1. The van der Waals surface area contributed by atoms with Gasteiger partial charge in [-0.3, -0.25) is 9.89 Å². The molecule has 1 fully saturated rings. The van der Waals surface area contributed by atoms with Crippen LogP contribution in [0.1, 0.15) is 66.8 Å². The largest absolute Gasteiger partial charge is 0.332 e.